The Bertz CT molecular complexity index is 440. The van der Waals surface area contributed by atoms with Crippen molar-refractivity contribution in [3.8, 4) is 5.75 Å². The lowest BCUT2D eigenvalue weighted by molar-refractivity contribution is 0.120. The zero-order valence-electron chi connectivity index (χ0n) is 11.8. The molecule has 0 fully saturated rings. The highest BCUT2D eigenvalue weighted by molar-refractivity contribution is 7.94. The number of aliphatic hydroxyl groups excluding tert-OH is 1. The Morgan fingerprint density at radius 2 is 2.25 bits per heavy atom. The molecule has 0 heterocycles. The first-order valence-corrected chi connectivity index (χ1v) is 7.92. The summed E-state index contributed by atoms with van der Waals surface area (Å²) in [5.74, 6) is 0.282. The van der Waals surface area contributed by atoms with Gasteiger partial charge in [0.1, 0.15) is 11.1 Å². The largest absolute Gasteiger partial charge is 0.508 e. The summed E-state index contributed by atoms with van der Waals surface area (Å²) in [5, 5.41) is 18.5. The van der Waals surface area contributed by atoms with Crippen molar-refractivity contribution >= 4 is 12.1 Å². The minimum Gasteiger partial charge on any atom is -0.508 e. The molecule has 2 atom stereocenters. The highest BCUT2D eigenvalue weighted by Gasteiger charge is 2.29. The molecule has 1 aromatic carbocycles. The molecule has 2 rings (SSSR count). The molecule has 0 spiro atoms. The molecule has 1 aliphatic rings. The van der Waals surface area contributed by atoms with Gasteiger partial charge in [0.05, 0.1) is 18.8 Å². The van der Waals surface area contributed by atoms with Gasteiger partial charge in [-0.1, -0.05) is 13.0 Å². The van der Waals surface area contributed by atoms with Gasteiger partial charge in [-0.3, -0.25) is 4.90 Å². The second kappa shape index (κ2) is 7.29. The van der Waals surface area contributed by atoms with E-state index < -0.39 is 5.37 Å². The van der Waals surface area contributed by atoms with Crippen LogP contribution in [0.3, 0.4) is 0 Å². The van der Waals surface area contributed by atoms with E-state index in [2.05, 4.69) is 11.8 Å². The van der Waals surface area contributed by atoms with Gasteiger partial charge in [-0.25, -0.2) is 0 Å². The summed E-state index contributed by atoms with van der Waals surface area (Å²) in [7, 11) is 0. The summed E-state index contributed by atoms with van der Waals surface area (Å²) in [4.78, 5) is 2.07. The first kappa shape index (κ1) is 15.6. The van der Waals surface area contributed by atoms with Crippen molar-refractivity contribution in [3.05, 3.63) is 29.3 Å². The van der Waals surface area contributed by atoms with E-state index in [1.54, 1.807) is 6.07 Å². The van der Waals surface area contributed by atoms with Crippen molar-refractivity contribution in [2.24, 2.45) is 0 Å². The molecule has 0 saturated heterocycles. The van der Waals surface area contributed by atoms with Crippen LogP contribution < -0.4 is 0 Å². The van der Waals surface area contributed by atoms with Crippen LogP contribution in [0.1, 0.15) is 30.9 Å². The van der Waals surface area contributed by atoms with E-state index in [0.717, 1.165) is 37.8 Å². The Hall–Kier alpha value is -0.780. The molecule has 5 heteroatoms. The van der Waals surface area contributed by atoms with Crippen LogP contribution in [0, 0.1) is 0 Å². The van der Waals surface area contributed by atoms with E-state index in [1.807, 2.05) is 12.1 Å². The lowest BCUT2D eigenvalue weighted by atomic mass is 9.87. The Morgan fingerprint density at radius 3 is 2.90 bits per heavy atom. The summed E-state index contributed by atoms with van der Waals surface area (Å²) < 4.78 is 13.0. The molecule has 0 aliphatic heterocycles. The molecule has 112 valence electrons. The van der Waals surface area contributed by atoms with Crippen LogP contribution in [0.15, 0.2) is 18.2 Å². The number of hydrogen-bond acceptors (Lipinski definition) is 4. The Morgan fingerprint density at radius 1 is 1.45 bits per heavy atom. The van der Waals surface area contributed by atoms with Gasteiger partial charge in [-0.2, -0.15) is 3.89 Å². The first-order chi connectivity index (χ1) is 9.69. The molecule has 20 heavy (non-hydrogen) atoms. The fourth-order valence-corrected chi connectivity index (χ4v) is 3.45. The van der Waals surface area contributed by atoms with Gasteiger partial charge in [0.25, 0.3) is 0 Å². The van der Waals surface area contributed by atoms with Crippen molar-refractivity contribution in [2.75, 3.05) is 13.2 Å². The van der Waals surface area contributed by atoms with Gasteiger partial charge in [0.2, 0.25) is 0 Å². The van der Waals surface area contributed by atoms with E-state index >= 15 is 0 Å². The molecule has 1 unspecified atom stereocenters. The van der Waals surface area contributed by atoms with Crippen LogP contribution in [0.25, 0.3) is 0 Å². The molecule has 2 N–H and O–H groups in total. The van der Waals surface area contributed by atoms with Crippen LogP contribution >= 0.6 is 12.1 Å². The smallest absolute Gasteiger partial charge is 0.115 e. The van der Waals surface area contributed by atoms with Gasteiger partial charge >= 0.3 is 0 Å². The van der Waals surface area contributed by atoms with E-state index in [1.165, 1.54) is 5.56 Å². The molecule has 0 saturated carbocycles. The number of aromatic hydroxyl groups is 1. The lowest BCUT2D eigenvalue weighted by Crippen LogP contribution is -2.46. The standard InChI is InChI=1S/C15H22FNO2S/c1-2-7-17(15(10-18)20-16)13-5-3-11-4-6-14(19)9-12(11)8-13/h4,6,9,13,15,18-19H,2-3,5,7-8,10H2,1H3/t13-,15?/m1/s1. The molecule has 3 nitrogen and oxygen atoms in total. The predicted octanol–water partition coefficient (Wildman–Crippen LogP) is 2.90. The molecule has 1 aromatic rings. The summed E-state index contributed by atoms with van der Waals surface area (Å²) in [6.45, 7) is 2.67. The van der Waals surface area contributed by atoms with E-state index in [-0.39, 0.29) is 30.5 Å². The Labute approximate surface area is 124 Å². The molecular formula is C15H22FNO2S. The number of hydrogen-bond donors (Lipinski definition) is 2. The minimum absolute atomic E-state index is 0.176. The Kier molecular flexibility index (Phi) is 5.69. The number of benzene rings is 1. The maximum absolute atomic E-state index is 13.0. The fourth-order valence-electron chi connectivity index (χ4n) is 3.01. The molecule has 0 bridgehead atoms. The highest BCUT2D eigenvalue weighted by Crippen LogP contribution is 2.30. The molecule has 0 amide bonds. The van der Waals surface area contributed by atoms with Crippen molar-refractivity contribution in [1.29, 1.82) is 0 Å². The fraction of sp³-hybridized carbons (Fsp3) is 0.600. The van der Waals surface area contributed by atoms with E-state index in [9.17, 15) is 14.1 Å². The monoisotopic (exact) mass is 299 g/mol. The number of phenolic OH excluding ortho intramolecular Hbond substituents is 1. The van der Waals surface area contributed by atoms with E-state index in [0.29, 0.717) is 0 Å². The SMILES string of the molecule is CCCN(C(CO)SF)[C@@H]1CCc2ccc(O)cc2C1. The maximum atomic E-state index is 13.0. The normalized spacial score (nSPS) is 19.9. The number of fused-ring (bicyclic) bond motifs is 1. The van der Waals surface area contributed by atoms with Crippen LogP contribution in [0.4, 0.5) is 3.89 Å². The third-order valence-electron chi connectivity index (χ3n) is 3.97. The molecule has 0 aromatic heterocycles. The van der Waals surface area contributed by atoms with Crippen molar-refractivity contribution in [3.63, 3.8) is 0 Å². The van der Waals surface area contributed by atoms with Crippen molar-refractivity contribution < 1.29 is 14.1 Å². The highest BCUT2D eigenvalue weighted by atomic mass is 32.2. The van der Waals surface area contributed by atoms with Crippen molar-refractivity contribution in [1.82, 2.24) is 4.90 Å². The second-order valence-electron chi connectivity index (χ2n) is 5.31. The molecule has 1 aliphatic carbocycles. The number of aliphatic hydroxyl groups is 1. The molecule has 0 radical (unpaired) electrons. The van der Waals surface area contributed by atoms with Crippen LogP contribution in [-0.2, 0) is 12.8 Å². The third kappa shape index (κ3) is 3.45. The van der Waals surface area contributed by atoms with E-state index in [4.69, 9.17) is 0 Å². The topological polar surface area (TPSA) is 43.7 Å². The summed E-state index contributed by atoms with van der Waals surface area (Å²) in [5.41, 5.74) is 2.41. The lowest BCUT2D eigenvalue weighted by Gasteiger charge is -2.38. The van der Waals surface area contributed by atoms with Gasteiger partial charge in [-0.15, -0.1) is 0 Å². The van der Waals surface area contributed by atoms with Crippen molar-refractivity contribution in [2.45, 2.75) is 44.0 Å². The minimum atomic E-state index is -0.487. The average molecular weight is 299 g/mol. The number of nitrogens with zero attached hydrogens (tertiary/aromatic N) is 1. The van der Waals surface area contributed by atoms with Crippen LogP contribution in [0.2, 0.25) is 0 Å². The third-order valence-corrected chi connectivity index (χ3v) is 4.60. The zero-order valence-corrected chi connectivity index (χ0v) is 12.6. The molecular weight excluding hydrogens is 277 g/mol. The van der Waals surface area contributed by atoms with Gasteiger partial charge in [0.15, 0.2) is 0 Å². The first-order valence-electron chi connectivity index (χ1n) is 7.14. The number of halogens is 1. The zero-order chi connectivity index (χ0) is 14.5. The Balaban J connectivity index is 2.15. The summed E-state index contributed by atoms with van der Waals surface area (Å²) in [6, 6.07) is 5.72. The average Bonchev–Trinajstić information content (AvgIpc) is 2.46. The van der Waals surface area contributed by atoms with Gasteiger partial charge in [0, 0.05) is 6.04 Å². The summed E-state index contributed by atoms with van der Waals surface area (Å²) in [6.07, 6.45) is 3.64. The number of aryl methyl sites for hydroxylation is 1. The van der Waals surface area contributed by atoms with Crippen LogP contribution in [0.5, 0.6) is 5.75 Å². The van der Waals surface area contributed by atoms with Gasteiger partial charge < -0.3 is 10.2 Å². The summed E-state index contributed by atoms with van der Waals surface area (Å²) >= 11 is 0.223. The second-order valence-corrected chi connectivity index (χ2v) is 6.04. The number of phenols is 1. The number of rotatable bonds is 6. The quantitative estimate of drug-likeness (QED) is 0.793. The van der Waals surface area contributed by atoms with Gasteiger partial charge in [-0.05, 0) is 55.5 Å². The predicted molar refractivity (Wildman–Crippen MR) is 80.5 cm³/mol. The maximum Gasteiger partial charge on any atom is 0.115 e. The van der Waals surface area contributed by atoms with Crippen LogP contribution in [-0.4, -0.2) is 39.7 Å².